The van der Waals surface area contributed by atoms with Crippen molar-refractivity contribution >= 4 is 38.4 Å². The fraction of sp³-hybridized carbons (Fsp3) is 0.0455. The third-order valence-corrected chi connectivity index (χ3v) is 5.10. The lowest BCUT2D eigenvalue weighted by molar-refractivity contribution is 0.109. The van der Waals surface area contributed by atoms with Gasteiger partial charge in [-0.15, -0.1) is 0 Å². The molecule has 0 aliphatic carbocycles. The summed E-state index contributed by atoms with van der Waals surface area (Å²) in [7, 11) is 0. The topological polar surface area (TPSA) is 17.1 Å². The normalized spacial score (nSPS) is 11.0. The third kappa shape index (κ3) is 2.70. The SMILES string of the molecule is Cc1ccc(SC(=O)c2c3ccccc3cc3ccccc23)cc1. The van der Waals surface area contributed by atoms with Gasteiger partial charge in [-0.3, -0.25) is 4.79 Å². The van der Waals surface area contributed by atoms with Crippen LogP contribution in [0.1, 0.15) is 15.9 Å². The van der Waals surface area contributed by atoms with Crippen molar-refractivity contribution in [2.75, 3.05) is 0 Å². The second-order valence-corrected chi connectivity index (χ2v) is 6.94. The van der Waals surface area contributed by atoms with E-state index in [1.54, 1.807) is 0 Å². The summed E-state index contributed by atoms with van der Waals surface area (Å²) in [5.41, 5.74) is 2.00. The molecule has 0 saturated carbocycles. The first-order valence-corrected chi connectivity index (χ1v) is 8.73. The minimum Gasteiger partial charge on any atom is -0.281 e. The molecule has 4 aromatic rings. The number of carbonyl (C=O) groups is 1. The number of carbonyl (C=O) groups excluding carboxylic acids is 1. The maximum atomic E-state index is 13.1. The second-order valence-electron chi connectivity index (χ2n) is 5.90. The highest BCUT2D eigenvalue weighted by atomic mass is 32.2. The van der Waals surface area contributed by atoms with E-state index in [-0.39, 0.29) is 5.12 Å². The van der Waals surface area contributed by atoms with Crippen LogP contribution in [0, 0.1) is 6.92 Å². The van der Waals surface area contributed by atoms with Gasteiger partial charge in [-0.1, -0.05) is 66.2 Å². The molecule has 0 N–H and O–H groups in total. The molecule has 0 aliphatic heterocycles. The summed E-state index contributed by atoms with van der Waals surface area (Å²) in [6.07, 6.45) is 0. The minimum atomic E-state index is 0.0897. The summed E-state index contributed by atoms with van der Waals surface area (Å²) in [5, 5.41) is 4.32. The van der Waals surface area contributed by atoms with Gasteiger partial charge in [0.2, 0.25) is 5.12 Å². The Morgan fingerprint density at radius 2 is 1.29 bits per heavy atom. The standard InChI is InChI=1S/C22H16OS/c1-15-10-12-18(13-11-15)24-22(23)21-19-8-4-2-6-16(19)14-17-7-3-5-9-20(17)21/h2-14H,1H3. The lowest BCUT2D eigenvalue weighted by Gasteiger charge is -2.10. The molecule has 4 rings (SSSR count). The fourth-order valence-electron chi connectivity index (χ4n) is 3.00. The summed E-state index contributed by atoms with van der Waals surface area (Å²) in [6.45, 7) is 2.05. The van der Waals surface area contributed by atoms with Crippen LogP contribution in [0.15, 0.2) is 83.8 Å². The molecule has 0 bridgehead atoms. The highest BCUT2D eigenvalue weighted by Crippen LogP contribution is 2.33. The molecular formula is C22H16OS. The van der Waals surface area contributed by atoms with Gasteiger partial charge in [0.25, 0.3) is 0 Å². The predicted octanol–water partition coefficient (Wildman–Crippen LogP) is 6.23. The molecule has 116 valence electrons. The maximum absolute atomic E-state index is 13.1. The first-order chi connectivity index (χ1) is 11.7. The van der Waals surface area contributed by atoms with E-state index in [4.69, 9.17) is 0 Å². The van der Waals surface area contributed by atoms with Gasteiger partial charge >= 0.3 is 0 Å². The molecule has 2 heteroatoms. The quantitative estimate of drug-likeness (QED) is 0.320. The average Bonchev–Trinajstić information content (AvgIpc) is 2.61. The van der Waals surface area contributed by atoms with Gasteiger partial charge in [0.1, 0.15) is 0 Å². The number of aryl methyl sites for hydroxylation is 1. The molecule has 0 atom stereocenters. The Balaban J connectivity index is 1.89. The molecule has 0 unspecified atom stereocenters. The molecule has 4 aromatic carbocycles. The molecule has 24 heavy (non-hydrogen) atoms. The van der Waals surface area contributed by atoms with Gasteiger partial charge in [-0.25, -0.2) is 0 Å². The van der Waals surface area contributed by atoms with E-state index in [0.717, 1.165) is 32.0 Å². The third-order valence-electron chi connectivity index (χ3n) is 4.21. The summed E-state index contributed by atoms with van der Waals surface area (Å²) < 4.78 is 0. The smallest absolute Gasteiger partial charge is 0.225 e. The Labute approximate surface area is 145 Å². The zero-order valence-electron chi connectivity index (χ0n) is 13.3. The van der Waals surface area contributed by atoms with Gasteiger partial charge < -0.3 is 0 Å². The monoisotopic (exact) mass is 328 g/mol. The lowest BCUT2D eigenvalue weighted by Crippen LogP contribution is -1.97. The Morgan fingerprint density at radius 1 is 0.750 bits per heavy atom. The Morgan fingerprint density at radius 3 is 1.88 bits per heavy atom. The van der Waals surface area contributed by atoms with Crippen molar-refractivity contribution < 1.29 is 4.79 Å². The molecular weight excluding hydrogens is 312 g/mol. The molecule has 0 radical (unpaired) electrons. The molecule has 0 aliphatic rings. The van der Waals surface area contributed by atoms with E-state index in [2.05, 4.69) is 25.1 Å². The fourth-order valence-corrected chi connectivity index (χ4v) is 3.81. The van der Waals surface area contributed by atoms with Gasteiger partial charge in [0.15, 0.2) is 0 Å². The summed E-state index contributed by atoms with van der Waals surface area (Å²) in [4.78, 5) is 14.1. The molecule has 0 amide bonds. The number of rotatable bonds is 2. The highest BCUT2D eigenvalue weighted by Gasteiger charge is 2.16. The number of hydrogen-bond acceptors (Lipinski definition) is 2. The van der Waals surface area contributed by atoms with Crippen LogP contribution >= 0.6 is 11.8 Å². The van der Waals surface area contributed by atoms with Crippen LogP contribution in [0.25, 0.3) is 21.5 Å². The number of fused-ring (bicyclic) bond motifs is 2. The molecule has 0 heterocycles. The Hall–Kier alpha value is -2.58. The van der Waals surface area contributed by atoms with Crippen molar-refractivity contribution in [3.05, 3.63) is 90.0 Å². The van der Waals surface area contributed by atoms with Crippen molar-refractivity contribution in [3.8, 4) is 0 Å². The summed E-state index contributed by atoms with van der Waals surface area (Å²) in [6, 6.07) is 26.4. The highest BCUT2D eigenvalue weighted by molar-refractivity contribution is 8.14. The van der Waals surface area contributed by atoms with Crippen molar-refractivity contribution in [2.24, 2.45) is 0 Å². The van der Waals surface area contributed by atoms with Gasteiger partial charge in [-0.2, -0.15) is 0 Å². The number of hydrogen-bond donors (Lipinski definition) is 0. The van der Waals surface area contributed by atoms with Crippen LogP contribution in [-0.2, 0) is 0 Å². The zero-order chi connectivity index (χ0) is 16.5. The van der Waals surface area contributed by atoms with Crippen LogP contribution in [-0.4, -0.2) is 5.12 Å². The Bertz CT molecular complexity index is 994. The van der Waals surface area contributed by atoms with E-state index in [1.165, 1.54) is 17.3 Å². The first kappa shape index (κ1) is 15.0. The average molecular weight is 328 g/mol. The minimum absolute atomic E-state index is 0.0897. The van der Waals surface area contributed by atoms with Crippen LogP contribution in [0.3, 0.4) is 0 Å². The largest absolute Gasteiger partial charge is 0.281 e. The first-order valence-electron chi connectivity index (χ1n) is 7.92. The van der Waals surface area contributed by atoms with E-state index in [1.807, 2.05) is 60.7 Å². The van der Waals surface area contributed by atoms with Crippen molar-refractivity contribution in [1.82, 2.24) is 0 Å². The summed E-state index contributed by atoms with van der Waals surface area (Å²) >= 11 is 1.30. The molecule has 0 fully saturated rings. The van der Waals surface area contributed by atoms with Crippen LogP contribution in [0.4, 0.5) is 0 Å². The number of benzene rings is 4. The van der Waals surface area contributed by atoms with Crippen molar-refractivity contribution in [2.45, 2.75) is 11.8 Å². The second kappa shape index (κ2) is 6.14. The van der Waals surface area contributed by atoms with E-state index < -0.39 is 0 Å². The molecule has 0 aromatic heterocycles. The van der Waals surface area contributed by atoms with Crippen LogP contribution < -0.4 is 0 Å². The zero-order valence-corrected chi connectivity index (χ0v) is 14.1. The maximum Gasteiger partial charge on any atom is 0.225 e. The Kier molecular flexibility index (Phi) is 3.83. The molecule has 1 nitrogen and oxygen atoms in total. The predicted molar refractivity (Wildman–Crippen MR) is 103 cm³/mol. The van der Waals surface area contributed by atoms with E-state index >= 15 is 0 Å². The van der Waals surface area contributed by atoms with Gasteiger partial charge in [0.05, 0.1) is 0 Å². The van der Waals surface area contributed by atoms with E-state index in [0.29, 0.717) is 0 Å². The number of thioether (sulfide) groups is 1. The summed E-state index contributed by atoms with van der Waals surface area (Å²) in [5.74, 6) is 0. The van der Waals surface area contributed by atoms with Crippen LogP contribution in [0.2, 0.25) is 0 Å². The molecule has 0 spiro atoms. The van der Waals surface area contributed by atoms with Gasteiger partial charge in [0, 0.05) is 10.5 Å². The molecule has 0 saturated heterocycles. The van der Waals surface area contributed by atoms with Crippen molar-refractivity contribution in [1.29, 1.82) is 0 Å². The van der Waals surface area contributed by atoms with E-state index in [9.17, 15) is 4.79 Å². The lowest BCUT2D eigenvalue weighted by atomic mass is 9.97. The van der Waals surface area contributed by atoms with Crippen molar-refractivity contribution in [3.63, 3.8) is 0 Å². The van der Waals surface area contributed by atoms with Gasteiger partial charge in [-0.05, 0) is 58.4 Å². The van der Waals surface area contributed by atoms with Crippen LogP contribution in [0.5, 0.6) is 0 Å².